The van der Waals surface area contributed by atoms with Gasteiger partial charge in [-0.2, -0.15) is 0 Å². The minimum absolute atomic E-state index is 0. The first-order valence-electron chi connectivity index (χ1n) is 11.0. The lowest BCUT2D eigenvalue weighted by Gasteiger charge is -2.26. The van der Waals surface area contributed by atoms with Gasteiger partial charge in [0.05, 0.1) is 35.0 Å². The summed E-state index contributed by atoms with van der Waals surface area (Å²) in [6.45, 7) is 6.57. The lowest BCUT2D eigenvalue weighted by atomic mass is 10.0. The van der Waals surface area contributed by atoms with E-state index in [-0.39, 0.29) is 29.6 Å². The molecule has 0 aliphatic carbocycles. The van der Waals surface area contributed by atoms with E-state index in [1.165, 1.54) is 6.07 Å². The number of halogens is 2. The number of nitrogens with one attached hydrogen (secondary N) is 1. The largest absolute Gasteiger partial charge is 0.494 e. The molecule has 1 saturated heterocycles. The molecule has 0 radical (unpaired) electrons. The van der Waals surface area contributed by atoms with E-state index in [1.54, 1.807) is 19.1 Å². The van der Waals surface area contributed by atoms with Crippen LogP contribution in [-0.4, -0.2) is 65.4 Å². The van der Waals surface area contributed by atoms with Crippen LogP contribution >= 0.6 is 24.0 Å². The molecular weight excluding hydrogens is 493 g/mol. The fraction of sp³-hybridized carbons (Fsp3) is 0.280. The average Bonchev–Trinajstić information content (AvgIpc) is 3.41. The predicted molar refractivity (Wildman–Crippen MR) is 135 cm³/mol. The molecule has 0 unspecified atom stereocenters. The van der Waals surface area contributed by atoms with E-state index in [0.29, 0.717) is 28.2 Å². The van der Waals surface area contributed by atoms with E-state index in [0.717, 1.165) is 49.7 Å². The van der Waals surface area contributed by atoms with Crippen LogP contribution in [0.25, 0.3) is 22.0 Å². The van der Waals surface area contributed by atoms with Gasteiger partial charge in [0.1, 0.15) is 12.4 Å². The molecule has 2 aromatic heterocycles. The van der Waals surface area contributed by atoms with E-state index in [1.807, 2.05) is 24.3 Å². The van der Waals surface area contributed by atoms with E-state index in [9.17, 15) is 9.90 Å². The number of aryl methyl sites for hydroxylation is 1. The zero-order valence-corrected chi connectivity index (χ0v) is 20.6. The number of morpholine rings is 1. The highest BCUT2D eigenvalue weighted by Gasteiger charge is 2.24. The molecule has 3 heterocycles. The number of H-pyrrole nitrogens is 1. The average molecular weight is 518 g/mol. The Balaban J connectivity index is 0.00000289. The molecule has 35 heavy (non-hydrogen) atoms. The summed E-state index contributed by atoms with van der Waals surface area (Å²) in [5, 5.41) is 15.2. The van der Waals surface area contributed by atoms with Gasteiger partial charge in [0.25, 0.3) is 0 Å². The quantitative estimate of drug-likeness (QED) is 0.337. The number of hydrogen-bond donors (Lipinski definition) is 2. The molecule has 8 nitrogen and oxygen atoms in total. The van der Waals surface area contributed by atoms with Crippen molar-refractivity contribution in [3.63, 3.8) is 0 Å². The number of benzene rings is 2. The van der Waals surface area contributed by atoms with Crippen LogP contribution in [0.4, 0.5) is 0 Å². The van der Waals surface area contributed by atoms with Gasteiger partial charge >= 0.3 is 0 Å². The Labute approximate surface area is 213 Å². The van der Waals surface area contributed by atoms with Crippen LogP contribution < -0.4 is 4.74 Å². The molecule has 5 rings (SSSR count). The lowest BCUT2D eigenvalue weighted by molar-refractivity contribution is 0.0322. The number of rotatable bonds is 7. The second-order valence-electron chi connectivity index (χ2n) is 8.21. The normalized spacial score (nSPS) is 14.1. The number of carbonyl (C=O) groups is 1. The van der Waals surface area contributed by atoms with Crippen molar-refractivity contribution in [2.24, 2.45) is 0 Å². The molecule has 10 heteroatoms. The van der Waals surface area contributed by atoms with Gasteiger partial charge in [-0.3, -0.25) is 9.69 Å². The number of aromatic amines is 1. The summed E-state index contributed by atoms with van der Waals surface area (Å²) in [6.07, 6.45) is 0. The van der Waals surface area contributed by atoms with Crippen molar-refractivity contribution in [1.29, 1.82) is 0 Å². The van der Waals surface area contributed by atoms with Crippen molar-refractivity contribution < 1.29 is 23.9 Å². The summed E-state index contributed by atoms with van der Waals surface area (Å²) in [5.74, 6) is 0.127. The maximum Gasteiger partial charge on any atom is 0.237 e. The number of nitrogens with zero attached hydrogens (tertiary/aromatic N) is 2. The second kappa shape index (κ2) is 10.7. The molecule has 184 valence electrons. The topological polar surface area (TPSA) is 101 Å². The first-order chi connectivity index (χ1) is 16.5. The number of fused-ring (bicyclic) bond motifs is 1. The number of ether oxygens (including phenoxy) is 2. The van der Waals surface area contributed by atoms with Crippen molar-refractivity contribution in [2.75, 3.05) is 39.5 Å². The molecule has 0 saturated carbocycles. The Morgan fingerprint density at radius 3 is 2.63 bits per heavy atom. The number of carbonyl (C=O) groups excluding carboxylic acids is 1. The summed E-state index contributed by atoms with van der Waals surface area (Å²) >= 11 is 6.55. The molecular formula is C25H25Cl2N3O5. The van der Waals surface area contributed by atoms with E-state index < -0.39 is 5.78 Å². The van der Waals surface area contributed by atoms with Gasteiger partial charge in [-0.1, -0.05) is 28.9 Å². The Kier molecular flexibility index (Phi) is 7.66. The molecule has 0 amide bonds. The minimum Gasteiger partial charge on any atom is -0.494 e. The predicted octanol–water partition coefficient (Wildman–Crippen LogP) is 4.85. The lowest BCUT2D eigenvalue weighted by Crippen LogP contribution is -2.38. The van der Waals surface area contributed by atoms with Gasteiger partial charge in [-0.05, 0) is 36.8 Å². The maximum absolute atomic E-state index is 13.0. The fourth-order valence-electron chi connectivity index (χ4n) is 4.09. The second-order valence-corrected chi connectivity index (χ2v) is 8.62. The van der Waals surface area contributed by atoms with Gasteiger partial charge < -0.3 is 24.1 Å². The Morgan fingerprint density at radius 1 is 1.20 bits per heavy atom. The van der Waals surface area contributed by atoms with Gasteiger partial charge in [-0.25, -0.2) is 0 Å². The molecule has 0 atom stereocenters. The molecule has 2 aromatic carbocycles. The van der Waals surface area contributed by atoms with Gasteiger partial charge in [0, 0.05) is 36.7 Å². The summed E-state index contributed by atoms with van der Waals surface area (Å²) < 4.78 is 16.4. The van der Waals surface area contributed by atoms with Crippen LogP contribution in [0, 0.1) is 6.92 Å². The third-order valence-electron chi connectivity index (χ3n) is 5.89. The zero-order chi connectivity index (χ0) is 23.7. The molecule has 0 bridgehead atoms. The highest BCUT2D eigenvalue weighted by molar-refractivity contribution is 6.34. The van der Waals surface area contributed by atoms with Crippen LogP contribution in [-0.2, 0) is 4.74 Å². The fourth-order valence-corrected chi connectivity index (χ4v) is 4.37. The van der Waals surface area contributed by atoms with Crippen LogP contribution in [0.1, 0.15) is 21.8 Å². The third-order valence-corrected chi connectivity index (χ3v) is 6.20. The van der Waals surface area contributed by atoms with Crippen LogP contribution in [0.2, 0.25) is 5.02 Å². The molecule has 4 aromatic rings. The number of ketones is 1. The summed E-state index contributed by atoms with van der Waals surface area (Å²) in [7, 11) is 0. The maximum atomic E-state index is 13.0. The van der Waals surface area contributed by atoms with Gasteiger partial charge in [0.2, 0.25) is 17.4 Å². The van der Waals surface area contributed by atoms with E-state index >= 15 is 0 Å². The molecule has 1 aliphatic rings. The van der Waals surface area contributed by atoms with Crippen molar-refractivity contribution in [3.05, 3.63) is 64.5 Å². The first-order valence-corrected chi connectivity index (χ1v) is 11.4. The van der Waals surface area contributed by atoms with Crippen LogP contribution in [0.15, 0.2) is 47.0 Å². The molecule has 2 N–H and O–H groups in total. The zero-order valence-electron chi connectivity index (χ0n) is 19.0. The standard InChI is InChI=1S/C25H24ClN3O5.ClH/c1-15-12-22(34-28-15)24(30)23-19-13-18(20(26)14-21(19)27-25(23)31)16-2-4-17(5-3-16)33-11-8-29-6-9-32-10-7-29;/h2-5,12-14,27,31H,6-11H2,1H3;1H. The smallest absolute Gasteiger partial charge is 0.237 e. The van der Waals surface area contributed by atoms with Crippen molar-refractivity contribution in [3.8, 4) is 22.8 Å². The number of aromatic nitrogens is 2. The summed E-state index contributed by atoms with van der Waals surface area (Å²) in [5.41, 5.74) is 2.84. The summed E-state index contributed by atoms with van der Waals surface area (Å²) in [4.78, 5) is 18.1. The van der Waals surface area contributed by atoms with E-state index in [2.05, 4.69) is 15.0 Å². The summed E-state index contributed by atoms with van der Waals surface area (Å²) in [6, 6.07) is 12.7. The number of hydrogen-bond acceptors (Lipinski definition) is 7. The van der Waals surface area contributed by atoms with Gasteiger partial charge in [-0.15, -0.1) is 12.4 Å². The SMILES string of the molecule is Cc1cc(C(=O)c2c(O)[nH]c3cc(Cl)c(-c4ccc(OCCN5CCOCC5)cc4)cc23)on1.Cl. The van der Waals surface area contributed by atoms with Gasteiger partial charge in [0.15, 0.2) is 0 Å². The van der Waals surface area contributed by atoms with Crippen molar-refractivity contribution in [2.45, 2.75) is 6.92 Å². The van der Waals surface area contributed by atoms with Crippen LogP contribution in [0.3, 0.4) is 0 Å². The van der Waals surface area contributed by atoms with E-state index in [4.69, 9.17) is 25.6 Å². The van der Waals surface area contributed by atoms with Crippen molar-refractivity contribution in [1.82, 2.24) is 15.0 Å². The highest BCUT2D eigenvalue weighted by Crippen LogP contribution is 2.37. The van der Waals surface area contributed by atoms with Crippen molar-refractivity contribution >= 4 is 40.7 Å². The van der Waals surface area contributed by atoms with Crippen LogP contribution in [0.5, 0.6) is 11.6 Å². The molecule has 1 fully saturated rings. The highest BCUT2D eigenvalue weighted by atomic mass is 35.5. The molecule has 0 spiro atoms. The Bertz CT molecular complexity index is 1330. The third kappa shape index (κ3) is 5.31. The molecule has 1 aliphatic heterocycles. The first kappa shape index (κ1) is 25.1. The number of aromatic hydroxyl groups is 1. The Hall–Kier alpha value is -3.04. The Morgan fingerprint density at radius 2 is 1.94 bits per heavy atom. The monoisotopic (exact) mass is 517 g/mol. The minimum atomic E-state index is -0.457.